The minimum Gasteiger partial charge on any atom is -0.383 e. The van der Waals surface area contributed by atoms with Crippen molar-refractivity contribution in [3.05, 3.63) is 41.3 Å². The molecular weight excluding hydrogens is 467 g/mol. The molecule has 3 N–H and O–H groups in total. The second-order valence-electron chi connectivity index (χ2n) is 9.90. The number of nitrogens with one attached hydrogen (secondary N) is 3. The van der Waals surface area contributed by atoms with Crippen molar-refractivity contribution >= 4 is 23.1 Å². The third kappa shape index (κ3) is 7.53. The number of rotatable bonds is 10. The van der Waals surface area contributed by atoms with Crippen molar-refractivity contribution in [2.24, 2.45) is 5.92 Å². The van der Waals surface area contributed by atoms with E-state index < -0.39 is 0 Å². The minimum absolute atomic E-state index is 0.255. The molecule has 1 aromatic heterocycles. The quantitative estimate of drug-likeness (QED) is 0.384. The highest BCUT2D eigenvalue weighted by molar-refractivity contribution is 6.33. The Hall–Kier alpha value is -1.93. The zero-order valence-electron chi connectivity index (χ0n) is 20.8. The molecular formula is C27H38ClFN4O2. The van der Waals surface area contributed by atoms with Crippen LogP contribution in [0.5, 0.6) is 0 Å². The molecule has 0 amide bonds. The average molecular weight is 505 g/mol. The molecule has 192 valence electrons. The number of benzene rings is 1. The maximum atomic E-state index is 14.5. The molecule has 1 saturated carbocycles. The molecule has 2 heterocycles. The van der Waals surface area contributed by atoms with Gasteiger partial charge < -0.3 is 25.4 Å². The molecule has 2 aromatic rings. The third-order valence-corrected chi connectivity index (χ3v) is 7.37. The van der Waals surface area contributed by atoms with E-state index in [1.165, 1.54) is 6.07 Å². The molecule has 0 unspecified atom stereocenters. The van der Waals surface area contributed by atoms with Gasteiger partial charge in [0.25, 0.3) is 0 Å². The van der Waals surface area contributed by atoms with E-state index in [2.05, 4.69) is 27.9 Å². The smallest absolute Gasteiger partial charge is 0.146 e. The van der Waals surface area contributed by atoms with Crippen LogP contribution in [-0.2, 0) is 9.47 Å². The summed E-state index contributed by atoms with van der Waals surface area (Å²) in [6.45, 7) is 5.19. The number of pyridine rings is 1. The van der Waals surface area contributed by atoms with E-state index in [-0.39, 0.29) is 5.82 Å². The Morgan fingerprint density at radius 3 is 2.60 bits per heavy atom. The molecule has 8 heteroatoms. The molecule has 1 saturated heterocycles. The minimum atomic E-state index is -0.255. The lowest BCUT2D eigenvalue weighted by molar-refractivity contribution is 0.0699. The van der Waals surface area contributed by atoms with Crippen LogP contribution in [0.4, 0.5) is 15.9 Å². The Balaban J connectivity index is 1.37. The fourth-order valence-electron chi connectivity index (χ4n) is 5.09. The monoisotopic (exact) mass is 504 g/mol. The molecule has 0 bridgehead atoms. The van der Waals surface area contributed by atoms with Gasteiger partial charge in [0.2, 0.25) is 0 Å². The van der Waals surface area contributed by atoms with Crippen molar-refractivity contribution in [3.63, 3.8) is 0 Å². The Morgan fingerprint density at radius 2 is 1.86 bits per heavy atom. The number of hydrogen-bond donors (Lipinski definition) is 3. The van der Waals surface area contributed by atoms with Crippen molar-refractivity contribution in [1.82, 2.24) is 10.3 Å². The molecule has 1 aliphatic heterocycles. The predicted octanol–water partition coefficient (Wildman–Crippen LogP) is 5.73. The van der Waals surface area contributed by atoms with Crippen LogP contribution in [0.2, 0.25) is 5.02 Å². The largest absolute Gasteiger partial charge is 0.383 e. The van der Waals surface area contributed by atoms with Crippen LogP contribution in [0.1, 0.15) is 45.4 Å². The Labute approximate surface area is 213 Å². The van der Waals surface area contributed by atoms with Crippen molar-refractivity contribution in [1.29, 1.82) is 0 Å². The van der Waals surface area contributed by atoms with Crippen LogP contribution in [-0.4, -0.2) is 56.6 Å². The lowest BCUT2D eigenvalue weighted by Gasteiger charge is -2.32. The predicted molar refractivity (Wildman–Crippen MR) is 141 cm³/mol. The summed E-state index contributed by atoms with van der Waals surface area (Å²) in [5, 5.41) is 11.1. The summed E-state index contributed by atoms with van der Waals surface area (Å²) in [5.74, 6) is 1.05. The number of hydrogen-bond acceptors (Lipinski definition) is 6. The highest BCUT2D eigenvalue weighted by Crippen LogP contribution is 2.33. The molecule has 35 heavy (non-hydrogen) atoms. The standard InChI is InChI=1S/C27H38ClFN4O2/c1-18(17-34-2)32-21-4-6-22(7-5-21)33-27-14-23(24(28)16-31-27)20-3-8-25(29)26(13-20)30-15-19-9-11-35-12-10-19/h3,8,13-14,16,18-19,21-22,30,32H,4-7,9-12,15,17H2,1-2H3,(H,31,33)/t18-,21-,22-/m0/s1. The molecule has 0 radical (unpaired) electrons. The summed E-state index contributed by atoms with van der Waals surface area (Å²) in [6, 6.07) is 8.36. The lowest BCUT2D eigenvalue weighted by Crippen LogP contribution is -2.42. The Bertz CT molecular complexity index is 949. The van der Waals surface area contributed by atoms with E-state index in [9.17, 15) is 4.39 Å². The first-order valence-electron chi connectivity index (χ1n) is 12.8. The highest BCUT2D eigenvalue weighted by atomic mass is 35.5. The van der Waals surface area contributed by atoms with Crippen LogP contribution in [0.15, 0.2) is 30.5 Å². The summed E-state index contributed by atoms with van der Waals surface area (Å²) in [6.07, 6.45) is 8.07. The van der Waals surface area contributed by atoms with Crippen LogP contribution in [0.3, 0.4) is 0 Å². The van der Waals surface area contributed by atoms with Gasteiger partial charge in [0.1, 0.15) is 11.6 Å². The molecule has 1 aromatic carbocycles. The molecule has 6 nitrogen and oxygen atoms in total. The van der Waals surface area contributed by atoms with Crippen molar-refractivity contribution < 1.29 is 13.9 Å². The van der Waals surface area contributed by atoms with Gasteiger partial charge in [-0.25, -0.2) is 9.37 Å². The van der Waals surface area contributed by atoms with E-state index in [4.69, 9.17) is 21.1 Å². The zero-order valence-corrected chi connectivity index (χ0v) is 21.5. The molecule has 1 aliphatic carbocycles. The molecule has 1 atom stereocenters. The summed E-state index contributed by atoms with van der Waals surface area (Å²) in [4.78, 5) is 4.51. The van der Waals surface area contributed by atoms with Gasteiger partial charge >= 0.3 is 0 Å². The van der Waals surface area contributed by atoms with Gasteiger partial charge in [-0.2, -0.15) is 0 Å². The first-order valence-corrected chi connectivity index (χ1v) is 13.2. The number of aromatic nitrogens is 1. The first-order chi connectivity index (χ1) is 17.0. The summed E-state index contributed by atoms with van der Waals surface area (Å²) in [5.41, 5.74) is 2.23. The van der Waals surface area contributed by atoms with Gasteiger partial charge in [0, 0.05) is 56.8 Å². The van der Waals surface area contributed by atoms with Gasteiger partial charge in [-0.15, -0.1) is 0 Å². The lowest BCUT2D eigenvalue weighted by atomic mass is 9.90. The second kappa shape index (κ2) is 12.9. The van der Waals surface area contributed by atoms with Gasteiger partial charge in [-0.1, -0.05) is 17.7 Å². The summed E-state index contributed by atoms with van der Waals surface area (Å²) < 4.78 is 25.2. The molecule has 2 aliphatic rings. The number of ether oxygens (including phenoxy) is 2. The Kier molecular flexibility index (Phi) is 9.60. The first kappa shape index (κ1) is 26.1. The average Bonchev–Trinajstić information content (AvgIpc) is 2.87. The van der Waals surface area contributed by atoms with Crippen molar-refractivity contribution in [2.75, 3.05) is 44.1 Å². The van der Waals surface area contributed by atoms with E-state index in [1.807, 2.05) is 12.1 Å². The topological polar surface area (TPSA) is 67.4 Å². The maximum Gasteiger partial charge on any atom is 0.146 e. The fourth-order valence-corrected chi connectivity index (χ4v) is 5.30. The zero-order chi connectivity index (χ0) is 24.6. The third-order valence-electron chi connectivity index (χ3n) is 7.07. The SMILES string of the molecule is COC[C@H](C)N[C@H]1CC[C@H](Nc2cc(-c3ccc(F)c(NCC4CCOCC4)c3)c(Cl)cn2)CC1. The van der Waals surface area contributed by atoms with Crippen LogP contribution in [0, 0.1) is 11.7 Å². The van der Waals surface area contributed by atoms with Crippen LogP contribution in [0.25, 0.3) is 11.1 Å². The van der Waals surface area contributed by atoms with Crippen molar-refractivity contribution in [3.8, 4) is 11.1 Å². The van der Waals surface area contributed by atoms with E-state index in [1.54, 1.807) is 19.4 Å². The highest BCUT2D eigenvalue weighted by Gasteiger charge is 2.23. The number of nitrogens with zero attached hydrogens (tertiary/aromatic N) is 1. The molecule has 4 rings (SSSR count). The fraction of sp³-hybridized carbons (Fsp3) is 0.593. The van der Waals surface area contributed by atoms with E-state index >= 15 is 0 Å². The number of halogens is 2. The van der Waals surface area contributed by atoms with Crippen LogP contribution >= 0.6 is 11.6 Å². The van der Waals surface area contributed by atoms with Crippen LogP contribution < -0.4 is 16.0 Å². The van der Waals surface area contributed by atoms with E-state index in [0.29, 0.717) is 34.8 Å². The number of methoxy groups -OCH3 is 1. The molecule has 2 fully saturated rings. The normalized spacial score (nSPS) is 22.1. The maximum absolute atomic E-state index is 14.5. The van der Waals surface area contributed by atoms with E-state index in [0.717, 1.165) is 81.8 Å². The Morgan fingerprint density at radius 1 is 1.11 bits per heavy atom. The van der Waals surface area contributed by atoms with Gasteiger partial charge in [0.05, 0.1) is 17.3 Å². The van der Waals surface area contributed by atoms with Gasteiger partial charge in [-0.05, 0) is 75.1 Å². The van der Waals surface area contributed by atoms with Crippen molar-refractivity contribution in [2.45, 2.75) is 63.6 Å². The summed E-state index contributed by atoms with van der Waals surface area (Å²) >= 11 is 6.52. The second-order valence-corrected chi connectivity index (χ2v) is 10.3. The number of anilines is 2. The van der Waals surface area contributed by atoms with Gasteiger partial charge in [-0.3, -0.25) is 0 Å². The summed E-state index contributed by atoms with van der Waals surface area (Å²) in [7, 11) is 1.74. The molecule has 0 spiro atoms. The van der Waals surface area contributed by atoms with Gasteiger partial charge in [0.15, 0.2) is 0 Å².